The normalized spacial score (nSPS) is 12.8. The fourth-order valence-electron chi connectivity index (χ4n) is 1.68. The quantitative estimate of drug-likeness (QED) is 0.511. The monoisotopic (exact) mass is 430 g/mol. The molecule has 0 aliphatic heterocycles. The Labute approximate surface area is 143 Å². The zero-order valence-corrected chi connectivity index (χ0v) is 15.7. The molecule has 0 aliphatic carbocycles. The molecular formula is C15H12Br2OS2. The molecule has 2 aromatic rings. The fraction of sp³-hybridized carbons (Fsp3) is 0.133. The van der Waals surface area contributed by atoms with Crippen molar-refractivity contribution in [3.8, 4) is 0 Å². The summed E-state index contributed by atoms with van der Waals surface area (Å²) < 4.78 is 2.14. The van der Waals surface area contributed by atoms with Crippen molar-refractivity contribution < 1.29 is 4.79 Å². The maximum Gasteiger partial charge on any atom is 0.184 e. The molecule has 1 nitrogen and oxygen atoms in total. The van der Waals surface area contributed by atoms with Crippen molar-refractivity contribution in [2.24, 2.45) is 0 Å². The van der Waals surface area contributed by atoms with Gasteiger partial charge < -0.3 is 0 Å². The number of carbonyl (C=O) groups excluding carboxylic acids is 1. The molecule has 2 aromatic heterocycles. The second-order valence-corrected chi connectivity index (χ2v) is 9.26. The summed E-state index contributed by atoms with van der Waals surface area (Å²) in [5, 5.41) is 0. The first kappa shape index (κ1) is 15.9. The summed E-state index contributed by atoms with van der Waals surface area (Å²) in [5.41, 5.74) is 1.51. The van der Waals surface area contributed by atoms with Crippen LogP contribution in [0.2, 0.25) is 0 Å². The second kappa shape index (κ2) is 6.98. The number of thiophene rings is 2. The van der Waals surface area contributed by atoms with Gasteiger partial charge in [0.05, 0.1) is 7.57 Å². The minimum absolute atomic E-state index is 0.0824. The van der Waals surface area contributed by atoms with E-state index >= 15 is 0 Å². The van der Waals surface area contributed by atoms with Gasteiger partial charge in [-0.25, -0.2) is 0 Å². The fourth-order valence-corrected chi connectivity index (χ4v) is 4.53. The summed E-state index contributed by atoms with van der Waals surface area (Å²) >= 11 is 10.1. The van der Waals surface area contributed by atoms with Crippen LogP contribution in [0.15, 0.2) is 43.0 Å². The van der Waals surface area contributed by atoms with E-state index in [1.165, 1.54) is 0 Å². The van der Waals surface area contributed by atoms with Gasteiger partial charge in [-0.15, -0.1) is 22.7 Å². The molecule has 0 N–H and O–H groups in total. The third kappa shape index (κ3) is 4.25. The van der Waals surface area contributed by atoms with Crippen molar-refractivity contribution in [2.75, 3.05) is 0 Å². The van der Waals surface area contributed by atoms with Gasteiger partial charge in [0.25, 0.3) is 0 Å². The zero-order valence-electron chi connectivity index (χ0n) is 10.9. The van der Waals surface area contributed by atoms with Gasteiger partial charge in [0.1, 0.15) is 0 Å². The van der Waals surface area contributed by atoms with Gasteiger partial charge in [-0.05, 0) is 93.3 Å². The lowest BCUT2D eigenvalue weighted by Crippen LogP contribution is -2.00. The van der Waals surface area contributed by atoms with E-state index in [0.29, 0.717) is 0 Å². The number of hydrogen-bond donors (Lipinski definition) is 0. The Morgan fingerprint density at radius 2 is 1.30 bits per heavy atom. The molecule has 5 heteroatoms. The molecule has 0 aromatic carbocycles. The average Bonchev–Trinajstić information content (AvgIpc) is 2.97. The summed E-state index contributed by atoms with van der Waals surface area (Å²) in [5.74, 6) is 0.0824. The van der Waals surface area contributed by atoms with Crippen LogP contribution in [0, 0.1) is 0 Å². The lowest BCUT2D eigenvalue weighted by atomic mass is 10.1. The van der Waals surface area contributed by atoms with Gasteiger partial charge >= 0.3 is 0 Å². The van der Waals surface area contributed by atoms with E-state index in [4.69, 9.17) is 0 Å². The average molecular weight is 432 g/mol. The second-order valence-electron chi connectivity index (χ2n) is 4.27. The molecule has 0 amide bonds. The summed E-state index contributed by atoms with van der Waals surface area (Å²) in [6.07, 6.45) is 3.86. The predicted octanol–water partition coefficient (Wildman–Crippen LogP) is 6.41. The van der Waals surface area contributed by atoms with E-state index in [1.807, 2.05) is 50.3 Å². The zero-order chi connectivity index (χ0) is 14.7. The molecule has 0 saturated carbocycles. The number of rotatable bonds is 4. The molecule has 0 unspecified atom stereocenters. The summed E-state index contributed by atoms with van der Waals surface area (Å²) in [6.45, 7) is 3.72. The highest BCUT2D eigenvalue weighted by molar-refractivity contribution is 9.11. The van der Waals surface area contributed by atoms with Crippen LogP contribution in [-0.2, 0) is 4.79 Å². The molecule has 2 heterocycles. The Hall–Kier alpha value is -0.490. The first-order valence-electron chi connectivity index (χ1n) is 5.87. The summed E-state index contributed by atoms with van der Waals surface area (Å²) in [4.78, 5) is 14.5. The van der Waals surface area contributed by atoms with E-state index in [2.05, 4.69) is 31.9 Å². The van der Waals surface area contributed by atoms with Crippen LogP contribution in [0.25, 0.3) is 12.2 Å². The van der Waals surface area contributed by atoms with Crippen LogP contribution in [0.3, 0.4) is 0 Å². The van der Waals surface area contributed by atoms with E-state index < -0.39 is 0 Å². The molecule has 0 radical (unpaired) electrons. The maximum atomic E-state index is 12.3. The van der Waals surface area contributed by atoms with E-state index in [-0.39, 0.29) is 5.78 Å². The van der Waals surface area contributed by atoms with Crippen molar-refractivity contribution in [3.63, 3.8) is 0 Å². The Kier molecular flexibility index (Phi) is 5.55. The van der Waals surface area contributed by atoms with Gasteiger partial charge in [-0.2, -0.15) is 0 Å². The van der Waals surface area contributed by atoms with Gasteiger partial charge in [-0.3, -0.25) is 4.79 Å². The largest absolute Gasteiger partial charge is 0.289 e. The summed E-state index contributed by atoms with van der Waals surface area (Å²) in [6, 6.07) is 7.97. The molecule has 0 fully saturated rings. The third-order valence-electron chi connectivity index (χ3n) is 2.62. The standard InChI is InChI=1S/C15H12Br2OS2/c1-9(7-11-3-5-13(16)19-11)15(18)10(2)8-12-4-6-14(17)20-12/h3-8H,1-2H3/b9-7+,10-8+. The molecule has 0 aliphatic rings. The molecule has 0 atom stereocenters. The first-order valence-corrected chi connectivity index (χ1v) is 9.09. The Bertz CT molecular complexity index is 634. The van der Waals surface area contributed by atoms with Gasteiger partial charge in [0.15, 0.2) is 5.78 Å². The third-order valence-corrected chi connectivity index (χ3v) is 5.76. The van der Waals surface area contributed by atoms with Crippen molar-refractivity contribution in [2.45, 2.75) is 13.8 Å². The van der Waals surface area contributed by atoms with Crippen LogP contribution in [0.1, 0.15) is 23.6 Å². The van der Waals surface area contributed by atoms with Crippen LogP contribution in [-0.4, -0.2) is 5.78 Å². The highest BCUT2D eigenvalue weighted by Crippen LogP contribution is 2.26. The SMILES string of the molecule is C/C(=C\c1ccc(Br)s1)C(=O)/C(C)=C/c1ccc(Br)s1. The van der Waals surface area contributed by atoms with Gasteiger partial charge in [-0.1, -0.05) is 0 Å². The lowest BCUT2D eigenvalue weighted by Gasteiger charge is -2.00. The van der Waals surface area contributed by atoms with E-state index in [9.17, 15) is 4.79 Å². The Balaban J connectivity index is 2.17. The highest BCUT2D eigenvalue weighted by Gasteiger charge is 2.08. The maximum absolute atomic E-state index is 12.3. The highest BCUT2D eigenvalue weighted by atomic mass is 79.9. The van der Waals surface area contributed by atoms with Crippen molar-refractivity contribution in [1.82, 2.24) is 0 Å². The molecule has 0 spiro atoms. The Morgan fingerprint density at radius 3 is 1.60 bits per heavy atom. The molecule has 104 valence electrons. The van der Waals surface area contributed by atoms with Crippen LogP contribution >= 0.6 is 54.5 Å². The number of ketones is 1. The molecular weight excluding hydrogens is 420 g/mol. The van der Waals surface area contributed by atoms with Crippen molar-refractivity contribution in [1.29, 1.82) is 0 Å². The molecule has 20 heavy (non-hydrogen) atoms. The molecule has 0 bridgehead atoms. The number of allylic oxidation sites excluding steroid dienone is 2. The molecule has 0 saturated heterocycles. The minimum atomic E-state index is 0.0824. The Morgan fingerprint density at radius 1 is 0.900 bits per heavy atom. The molecule has 2 rings (SSSR count). The van der Waals surface area contributed by atoms with Crippen LogP contribution in [0.4, 0.5) is 0 Å². The van der Waals surface area contributed by atoms with Crippen LogP contribution < -0.4 is 0 Å². The van der Waals surface area contributed by atoms with E-state index in [0.717, 1.165) is 28.5 Å². The lowest BCUT2D eigenvalue weighted by molar-refractivity contribution is -0.112. The van der Waals surface area contributed by atoms with E-state index in [1.54, 1.807) is 22.7 Å². The number of hydrogen-bond acceptors (Lipinski definition) is 3. The number of Topliss-reactive ketones (excluding diaryl/α,β-unsaturated/α-hetero) is 1. The smallest absolute Gasteiger partial charge is 0.184 e. The van der Waals surface area contributed by atoms with Gasteiger partial charge in [0.2, 0.25) is 0 Å². The first-order chi connectivity index (χ1) is 9.45. The van der Waals surface area contributed by atoms with Crippen molar-refractivity contribution in [3.05, 3.63) is 52.7 Å². The van der Waals surface area contributed by atoms with Crippen LogP contribution in [0.5, 0.6) is 0 Å². The number of halogens is 2. The topological polar surface area (TPSA) is 17.1 Å². The number of carbonyl (C=O) groups is 1. The minimum Gasteiger partial charge on any atom is -0.289 e. The van der Waals surface area contributed by atoms with Gasteiger partial charge in [0, 0.05) is 9.75 Å². The predicted molar refractivity (Wildman–Crippen MR) is 96.3 cm³/mol. The van der Waals surface area contributed by atoms with Crippen molar-refractivity contribution >= 4 is 72.5 Å². The summed E-state index contributed by atoms with van der Waals surface area (Å²) in [7, 11) is 0.